The first-order chi connectivity index (χ1) is 17.8. The van der Waals surface area contributed by atoms with E-state index < -0.39 is 17.8 Å². The van der Waals surface area contributed by atoms with Crippen molar-refractivity contribution in [3.8, 4) is 11.1 Å². The van der Waals surface area contributed by atoms with Crippen molar-refractivity contribution in [2.45, 2.75) is 12.7 Å². The fourth-order valence-electron chi connectivity index (χ4n) is 4.02. The summed E-state index contributed by atoms with van der Waals surface area (Å²) in [5.74, 6) is 0.260. The fraction of sp³-hybridized carbons (Fsp3) is 0.261. The van der Waals surface area contributed by atoms with Crippen LogP contribution in [0.25, 0.3) is 16.6 Å². The van der Waals surface area contributed by atoms with Gasteiger partial charge in [-0.15, -0.1) is 0 Å². The zero-order valence-electron chi connectivity index (χ0n) is 19.4. The average Bonchev–Trinajstić information content (AvgIpc) is 3.24. The van der Waals surface area contributed by atoms with Gasteiger partial charge in [0, 0.05) is 43.2 Å². The first kappa shape index (κ1) is 24.4. The normalized spacial score (nSPS) is 14.6. The van der Waals surface area contributed by atoms with Crippen LogP contribution < -0.4 is 16.4 Å². The van der Waals surface area contributed by atoms with E-state index in [1.807, 2.05) is 6.07 Å². The number of fused-ring (bicyclic) bond motifs is 1. The first-order valence-electron chi connectivity index (χ1n) is 11.3. The average molecular weight is 513 g/mol. The van der Waals surface area contributed by atoms with Gasteiger partial charge in [0.15, 0.2) is 5.82 Å². The highest BCUT2D eigenvalue weighted by Gasteiger charge is 2.30. The van der Waals surface area contributed by atoms with Crippen LogP contribution >= 0.6 is 0 Å². The molecule has 2 amide bonds. The molecule has 14 heteroatoms. The Morgan fingerprint density at radius 3 is 2.57 bits per heavy atom. The second-order valence-corrected chi connectivity index (χ2v) is 8.28. The topological polar surface area (TPSA) is 136 Å². The van der Waals surface area contributed by atoms with E-state index in [9.17, 15) is 18.0 Å². The van der Waals surface area contributed by atoms with Crippen molar-refractivity contribution in [2.75, 3.05) is 42.7 Å². The highest BCUT2D eigenvalue weighted by atomic mass is 19.4. The van der Waals surface area contributed by atoms with Crippen LogP contribution in [0, 0.1) is 0 Å². The molecule has 0 spiro atoms. The van der Waals surface area contributed by atoms with E-state index in [1.54, 1.807) is 22.8 Å². The van der Waals surface area contributed by atoms with Gasteiger partial charge in [-0.25, -0.2) is 24.3 Å². The molecule has 1 aliphatic rings. The number of aromatic nitrogens is 5. The minimum Gasteiger partial charge on any atom is -0.382 e. The molecular weight excluding hydrogens is 491 g/mol. The first-order valence-corrected chi connectivity index (χ1v) is 11.3. The lowest BCUT2D eigenvalue weighted by molar-refractivity contribution is -0.137. The Kier molecular flexibility index (Phi) is 6.58. The van der Waals surface area contributed by atoms with E-state index in [-0.39, 0.29) is 11.6 Å². The molecule has 5 heterocycles. The Morgan fingerprint density at radius 2 is 1.84 bits per heavy atom. The van der Waals surface area contributed by atoms with Crippen LogP contribution in [0.15, 0.2) is 49.1 Å². The van der Waals surface area contributed by atoms with E-state index in [2.05, 4.69) is 35.6 Å². The van der Waals surface area contributed by atoms with Crippen LogP contribution in [0.5, 0.6) is 0 Å². The molecule has 0 aliphatic carbocycles. The summed E-state index contributed by atoms with van der Waals surface area (Å²) in [6, 6.07) is 6.07. The summed E-state index contributed by atoms with van der Waals surface area (Å²) >= 11 is 0. The quantitative estimate of drug-likeness (QED) is 0.370. The number of pyridine rings is 2. The summed E-state index contributed by atoms with van der Waals surface area (Å²) < 4.78 is 45.8. The molecule has 0 bridgehead atoms. The lowest BCUT2D eigenvalue weighted by Crippen LogP contribution is -2.36. The van der Waals surface area contributed by atoms with Crippen LogP contribution in [-0.2, 0) is 17.5 Å². The van der Waals surface area contributed by atoms with E-state index in [0.717, 1.165) is 48.2 Å². The van der Waals surface area contributed by atoms with Crippen LogP contribution in [0.3, 0.4) is 0 Å². The largest absolute Gasteiger partial charge is 0.416 e. The van der Waals surface area contributed by atoms with E-state index in [0.29, 0.717) is 31.1 Å². The number of carbonyl (C=O) groups is 1. The Morgan fingerprint density at radius 1 is 1.05 bits per heavy atom. The zero-order chi connectivity index (χ0) is 26.0. The maximum atomic E-state index is 12.9. The third-order valence-corrected chi connectivity index (χ3v) is 5.79. The molecule has 11 nitrogen and oxygen atoms in total. The number of amides is 2. The second-order valence-electron chi connectivity index (χ2n) is 8.28. The Labute approximate surface area is 208 Å². The van der Waals surface area contributed by atoms with Gasteiger partial charge in [-0.2, -0.15) is 18.3 Å². The molecule has 0 unspecified atom stereocenters. The van der Waals surface area contributed by atoms with Gasteiger partial charge < -0.3 is 10.5 Å². The number of urea groups is 1. The molecule has 1 aliphatic heterocycles. The number of rotatable bonds is 5. The zero-order valence-corrected chi connectivity index (χ0v) is 19.4. The molecule has 0 radical (unpaired) electrons. The van der Waals surface area contributed by atoms with Gasteiger partial charge in [0.25, 0.3) is 0 Å². The van der Waals surface area contributed by atoms with Crippen LogP contribution in [0.1, 0.15) is 11.3 Å². The highest BCUT2D eigenvalue weighted by molar-refractivity contribution is 5.98. The molecule has 1 fully saturated rings. The van der Waals surface area contributed by atoms with Crippen molar-refractivity contribution in [1.82, 2.24) is 29.5 Å². The number of nitrogen functional groups attached to an aromatic ring is 1. The maximum Gasteiger partial charge on any atom is 0.416 e. The molecule has 4 N–H and O–H groups in total. The summed E-state index contributed by atoms with van der Waals surface area (Å²) in [5, 5.41) is 9.13. The number of morpholine rings is 1. The Bertz CT molecular complexity index is 1420. The fourth-order valence-corrected chi connectivity index (χ4v) is 4.02. The molecule has 4 aromatic heterocycles. The summed E-state index contributed by atoms with van der Waals surface area (Å²) in [7, 11) is 0. The van der Waals surface area contributed by atoms with Gasteiger partial charge in [-0.05, 0) is 30.3 Å². The number of nitrogens with zero attached hydrogens (tertiary/aromatic N) is 6. The number of ether oxygens (including phenoxy) is 1. The molecular formula is C23H22F3N9O2. The van der Waals surface area contributed by atoms with Gasteiger partial charge >= 0.3 is 12.2 Å². The third-order valence-electron chi connectivity index (χ3n) is 5.79. The van der Waals surface area contributed by atoms with E-state index >= 15 is 0 Å². The summed E-state index contributed by atoms with van der Waals surface area (Å²) in [5.41, 5.74) is 8.32. The van der Waals surface area contributed by atoms with Gasteiger partial charge in [-0.3, -0.25) is 15.5 Å². The minimum absolute atomic E-state index is 0.189. The van der Waals surface area contributed by atoms with Crippen LogP contribution in [0.2, 0.25) is 0 Å². The molecule has 1 saturated heterocycles. The molecule has 0 atom stereocenters. The SMILES string of the molecule is Nc1ncnn2c(CN3CCOCC3)cc(-c3ccc(NC(=O)Nc4cc(C(F)(F)F)ccn4)nc3)c12. The Balaban J connectivity index is 1.33. The summed E-state index contributed by atoms with van der Waals surface area (Å²) in [4.78, 5) is 26.7. The molecule has 5 rings (SSSR count). The van der Waals surface area contributed by atoms with Gasteiger partial charge in [0.2, 0.25) is 0 Å². The van der Waals surface area contributed by atoms with Crippen molar-refractivity contribution in [1.29, 1.82) is 0 Å². The van der Waals surface area contributed by atoms with Crippen LogP contribution in [0.4, 0.5) is 35.4 Å². The number of alkyl halides is 3. The number of carbonyl (C=O) groups excluding carboxylic acids is 1. The van der Waals surface area contributed by atoms with Crippen molar-refractivity contribution < 1.29 is 22.7 Å². The summed E-state index contributed by atoms with van der Waals surface area (Å²) in [6.45, 7) is 3.61. The maximum absolute atomic E-state index is 12.9. The van der Waals surface area contributed by atoms with Gasteiger partial charge in [0.05, 0.1) is 24.5 Å². The predicted molar refractivity (Wildman–Crippen MR) is 129 cm³/mol. The molecule has 37 heavy (non-hydrogen) atoms. The van der Waals surface area contributed by atoms with E-state index in [4.69, 9.17) is 10.5 Å². The smallest absolute Gasteiger partial charge is 0.382 e. The number of hydrogen-bond donors (Lipinski definition) is 3. The summed E-state index contributed by atoms with van der Waals surface area (Å²) in [6.07, 6.45) is -0.625. The Hall–Kier alpha value is -4.30. The van der Waals surface area contributed by atoms with Crippen molar-refractivity contribution >= 4 is 29.0 Å². The van der Waals surface area contributed by atoms with Crippen molar-refractivity contribution in [3.63, 3.8) is 0 Å². The number of hydrogen-bond acceptors (Lipinski definition) is 8. The standard InChI is InChI=1S/C23H22F3N9O2/c24-23(25,26)15-3-4-28-19(9-15)33-22(36)32-18-2-1-14(11-29-18)17-10-16(12-34-5-7-37-8-6-34)35-20(17)21(27)30-13-31-35/h1-4,9-11,13H,5-8,12H2,(H2,27,30,31)(H2,28,29,32,33,36). The lowest BCUT2D eigenvalue weighted by atomic mass is 10.1. The number of anilines is 3. The molecule has 0 saturated carbocycles. The predicted octanol–water partition coefficient (Wildman–Crippen LogP) is 3.26. The number of halogens is 3. The third kappa shape index (κ3) is 5.44. The molecule has 0 aromatic carbocycles. The minimum atomic E-state index is -4.55. The number of nitrogens with one attached hydrogen (secondary N) is 2. The van der Waals surface area contributed by atoms with Crippen molar-refractivity contribution in [3.05, 3.63) is 60.3 Å². The molecule has 192 valence electrons. The van der Waals surface area contributed by atoms with Crippen molar-refractivity contribution in [2.24, 2.45) is 0 Å². The van der Waals surface area contributed by atoms with E-state index in [1.165, 1.54) is 6.33 Å². The van der Waals surface area contributed by atoms with Gasteiger partial charge in [-0.1, -0.05) is 0 Å². The number of nitrogens with two attached hydrogens (primary N) is 1. The van der Waals surface area contributed by atoms with Gasteiger partial charge in [0.1, 0.15) is 23.5 Å². The lowest BCUT2D eigenvalue weighted by Gasteiger charge is -2.26. The monoisotopic (exact) mass is 513 g/mol. The second kappa shape index (κ2) is 9.99. The highest BCUT2D eigenvalue weighted by Crippen LogP contribution is 2.31. The molecule has 4 aromatic rings. The van der Waals surface area contributed by atoms with Crippen LogP contribution in [-0.4, -0.2) is 61.8 Å².